The Bertz CT molecular complexity index is 2460. The molecule has 364 valence electrons. The predicted molar refractivity (Wildman–Crippen MR) is 259 cm³/mol. The zero-order valence-electron chi connectivity index (χ0n) is 42.5. The van der Waals surface area contributed by atoms with Gasteiger partial charge in [-0.05, 0) is 149 Å². The van der Waals surface area contributed by atoms with Crippen LogP contribution in [0.2, 0.25) is 0 Å². The van der Waals surface area contributed by atoms with Crippen molar-refractivity contribution in [2.45, 2.75) is 152 Å². The van der Waals surface area contributed by atoms with Crippen molar-refractivity contribution in [1.82, 2.24) is 0 Å². The van der Waals surface area contributed by atoms with Gasteiger partial charge >= 0.3 is 19.1 Å². The van der Waals surface area contributed by atoms with Crippen molar-refractivity contribution in [3.63, 3.8) is 0 Å². The zero-order chi connectivity index (χ0) is 49.5. The van der Waals surface area contributed by atoms with Gasteiger partial charge in [-0.2, -0.15) is 5.26 Å². The maximum atomic E-state index is 14.9. The molecule has 0 N–H and O–H groups in total. The van der Waals surface area contributed by atoms with Crippen LogP contribution < -0.4 is 14.9 Å². The summed E-state index contributed by atoms with van der Waals surface area (Å²) in [5.74, 6) is -0.447. The van der Waals surface area contributed by atoms with Gasteiger partial charge in [-0.15, -0.1) is 0 Å². The number of nitriles is 1. The van der Waals surface area contributed by atoms with Gasteiger partial charge in [0.05, 0.1) is 48.1 Å². The second kappa shape index (κ2) is 17.3. The number of benzene rings is 2. The molecule has 0 amide bonds. The molecule has 1 heterocycles. The molecule has 7 atom stereocenters. The first-order chi connectivity index (χ1) is 31.8. The van der Waals surface area contributed by atoms with E-state index in [1.165, 1.54) is 7.11 Å². The molecule has 1 aliphatic heterocycles. The van der Waals surface area contributed by atoms with Gasteiger partial charge in [0.1, 0.15) is 12.7 Å². The van der Waals surface area contributed by atoms with E-state index >= 15 is 0 Å². The third kappa shape index (κ3) is 8.05. The summed E-state index contributed by atoms with van der Waals surface area (Å²) < 4.78 is 35.8. The lowest BCUT2D eigenvalue weighted by Gasteiger charge is -2.68. The molecule has 11 nitrogen and oxygen atoms in total. The maximum Gasteiger partial charge on any atom is 0.494 e. The van der Waals surface area contributed by atoms with E-state index in [4.69, 9.17) is 28.3 Å². The highest BCUT2D eigenvalue weighted by molar-refractivity contribution is 6.62. The van der Waals surface area contributed by atoms with Crippen molar-refractivity contribution in [3.05, 3.63) is 76.9 Å². The number of hydrogen-bond donors (Lipinski definition) is 0. The van der Waals surface area contributed by atoms with Crippen LogP contribution in [0, 0.1) is 61.6 Å². The first-order valence-corrected chi connectivity index (χ1v) is 24.8. The van der Waals surface area contributed by atoms with Gasteiger partial charge in [-0.1, -0.05) is 84.4 Å². The molecule has 4 fully saturated rings. The van der Waals surface area contributed by atoms with Crippen LogP contribution in [0.4, 0.5) is 0 Å². The number of carbonyl (C=O) groups excluding carboxylic acids is 4. The first-order valence-electron chi connectivity index (χ1n) is 24.8. The van der Waals surface area contributed by atoms with Crippen molar-refractivity contribution in [1.29, 1.82) is 5.26 Å². The monoisotopic (exact) mass is 930 g/mol. The van der Waals surface area contributed by atoms with Crippen LogP contribution >= 0.6 is 0 Å². The Labute approximate surface area is 404 Å². The molecule has 0 radical (unpaired) electrons. The Morgan fingerprint density at radius 1 is 0.809 bits per heavy atom. The van der Waals surface area contributed by atoms with Crippen LogP contribution in [0.25, 0.3) is 0 Å². The molecule has 8 rings (SSSR count). The minimum absolute atomic E-state index is 0.0335. The Hall–Kier alpha value is -4.73. The van der Waals surface area contributed by atoms with E-state index in [1.807, 2.05) is 78.0 Å². The fraction of sp³-hybridized carbons (Fsp3) is 0.625. The first kappa shape index (κ1) is 49.7. The molecule has 0 unspecified atom stereocenters. The molecule has 2 aromatic carbocycles. The number of unbranched alkanes of at least 4 members (excludes halogenated alkanes) is 1. The standard InChI is InChI=1S/C56H72BNO10/c1-49(2)23-25-56(26-24-55(11)45(39(56)32-49)40(59)30-44-53(9)31-37(33-58)46(60)50(3,4)43(53)21-22-54(44,55)10)48(62)65-28-14-13-27-64-47(61)36-17-20-41(42(29-36)63-12)66-34-35-15-18-38(19-16-35)57-67-51(5,6)52(7,8)68-57/h15-20,29-31,39,43,45H,13-14,21-28,32,34H2,1-12H3/t39-,43-,45-,53-,54+,55+,56-/m0/s1. The van der Waals surface area contributed by atoms with Crippen molar-refractivity contribution in [3.8, 4) is 17.6 Å². The highest BCUT2D eigenvalue weighted by atomic mass is 16.7. The van der Waals surface area contributed by atoms with Crippen LogP contribution in [0.3, 0.4) is 0 Å². The summed E-state index contributed by atoms with van der Waals surface area (Å²) in [4.78, 5) is 56.0. The molecule has 68 heavy (non-hydrogen) atoms. The summed E-state index contributed by atoms with van der Waals surface area (Å²) in [6, 6.07) is 15.1. The summed E-state index contributed by atoms with van der Waals surface area (Å²) in [6.45, 7) is 23.9. The van der Waals surface area contributed by atoms with E-state index < -0.39 is 45.9 Å². The molecule has 0 spiro atoms. The predicted octanol–water partition coefficient (Wildman–Crippen LogP) is 10.3. The van der Waals surface area contributed by atoms with Gasteiger partial charge in [-0.3, -0.25) is 14.4 Å². The molecular formula is C56H72BNO10. The number of esters is 2. The van der Waals surface area contributed by atoms with Crippen molar-refractivity contribution < 1.29 is 47.4 Å². The highest BCUT2D eigenvalue weighted by Crippen LogP contribution is 2.74. The number of ketones is 2. The quantitative estimate of drug-likeness (QED) is 0.114. The summed E-state index contributed by atoms with van der Waals surface area (Å²) >= 11 is 0. The van der Waals surface area contributed by atoms with E-state index in [-0.39, 0.29) is 71.5 Å². The molecule has 12 heteroatoms. The summed E-state index contributed by atoms with van der Waals surface area (Å²) in [7, 11) is 1.08. The third-order valence-electron chi connectivity index (χ3n) is 18.6. The fourth-order valence-corrected chi connectivity index (χ4v) is 13.6. The van der Waals surface area contributed by atoms with Crippen LogP contribution in [0.15, 0.2) is 65.8 Å². The van der Waals surface area contributed by atoms with Gasteiger partial charge in [0.15, 0.2) is 23.1 Å². The van der Waals surface area contributed by atoms with E-state index in [2.05, 4.69) is 40.7 Å². The maximum absolute atomic E-state index is 14.9. The molecule has 5 aliphatic carbocycles. The number of ether oxygens (including phenoxy) is 4. The summed E-state index contributed by atoms with van der Waals surface area (Å²) in [6.07, 6.45) is 10.0. The minimum atomic E-state index is -0.771. The lowest BCUT2D eigenvalue weighted by molar-refractivity contribution is -0.193. The Morgan fingerprint density at radius 2 is 1.46 bits per heavy atom. The van der Waals surface area contributed by atoms with Gasteiger partial charge in [0, 0.05) is 16.7 Å². The average Bonchev–Trinajstić information content (AvgIpc) is 3.51. The SMILES string of the molecule is COc1cc(C(=O)OCCCCOC(=O)[C@]23CCC(C)(C)C[C@H]2[C@H]2C(=O)C=C4[C@@]5(C)C=C(C#N)C(=O)C(C)(C)[C@@H]5CC[C@@]4(C)[C@]2(C)CC3)ccc1OCc1ccc(B2OC(C)(C)C(C)(C)O2)cc1. The number of fused-ring (bicyclic) bond motifs is 7. The average molecular weight is 930 g/mol. The number of hydrogen-bond acceptors (Lipinski definition) is 11. The summed E-state index contributed by atoms with van der Waals surface area (Å²) in [5, 5.41) is 10.1. The van der Waals surface area contributed by atoms with E-state index in [0.717, 1.165) is 42.3 Å². The number of methoxy groups -OCH3 is 1. The number of Topliss-reactive ketones (excluding diaryl/α,β-unsaturated/α-hetero) is 1. The topological polar surface area (TPSA) is 147 Å². The Kier molecular flexibility index (Phi) is 12.6. The Balaban J connectivity index is 0.868. The van der Waals surface area contributed by atoms with Crippen LogP contribution in [-0.2, 0) is 39.8 Å². The van der Waals surface area contributed by atoms with Gasteiger partial charge in [0.25, 0.3) is 0 Å². The van der Waals surface area contributed by atoms with E-state index in [1.54, 1.807) is 18.2 Å². The molecule has 0 aromatic heterocycles. The smallest absolute Gasteiger partial charge is 0.493 e. The van der Waals surface area contributed by atoms with Gasteiger partial charge in [-0.25, -0.2) is 4.79 Å². The van der Waals surface area contributed by atoms with Crippen LogP contribution in [0.5, 0.6) is 11.5 Å². The largest absolute Gasteiger partial charge is 0.494 e. The van der Waals surface area contributed by atoms with Crippen molar-refractivity contribution >= 4 is 36.1 Å². The fourth-order valence-electron chi connectivity index (χ4n) is 13.6. The minimum Gasteiger partial charge on any atom is -0.493 e. The van der Waals surface area contributed by atoms with Crippen molar-refractivity contribution in [2.24, 2.45) is 50.2 Å². The molecule has 1 saturated heterocycles. The number of nitrogens with zero attached hydrogens (tertiary/aromatic N) is 1. The van der Waals surface area contributed by atoms with Gasteiger partial charge in [0.2, 0.25) is 0 Å². The molecule has 6 aliphatic rings. The molecule has 0 bridgehead atoms. The number of carbonyl (C=O) groups is 4. The number of rotatable bonds is 12. The lowest BCUT2D eigenvalue weighted by Crippen LogP contribution is -2.66. The van der Waals surface area contributed by atoms with E-state index in [0.29, 0.717) is 49.2 Å². The van der Waals surface area contributed by atoms with E-state index in [9.17, 15) is 24.4 Å². The summed E-state index contributed by atoms with van der Waals surface area (Å²) in [5.41, 5.74) is -0.378. The third-order valence-corrected chi connectivity index (χ3v) is 18.6. The molecular weight excluding hydrogens is 857 g/mol. The van der Waals surface area contributed by atoms with Gasteiger partial charge < -0.3 is 28.3 Å². The van der Waals surface area contributed by atoms with Crippen LogP contribution in [-0.4, -0.2) is 62.1 Å². The normalized spacial score (nSPS) is 32.8. The second-order valence-electron chi connectivity index (χ2n) is 23.9. The molecule has 3 saturated carbocycles. The van der Waals surface area contributed by atoms with Crippen LogP contribution in [0.1, 0.15) is 150 Å². The molecule has 2 aromatic rings. The second-order valence-corrected chi connectivity index (χ2v) is 23.9. The Morgan fingerprint density at radius 3 is 2.10 bits per heavy atom. The zero-order valence-corrected chi connectivity index (χ0v) is 42.5. The highest BCUT2D eigenvalue weighted by Gasteiger charge is 2.71. The lowest BCUT2D eigenvalue weighted by atomic mass is 9.34. The van der Waals surface area contributed by atoms with Crippen molar-refractivity contribution in [2.75, 3.05) is 20.3 Å². The number of allylic oxidation sites excluding steroid dienone is 4.